The Bertz CT molecular complexity index is 532. The van der Waals surface area contributed by atoms with Crippen LogP contribution in [-0.2, 0) is 4.79 Å². The highest BCUT2D eigenvalue weighted by Gasteiger charge is 2.37. The predicted molar refractivity (Wildman–Crippen MR) is 87.2 cm³/mol. The van der Waals surface area contributed by atoms with E-state index < -0.39 is 5.41 Å². The van der Waals surface area contributed by atoms with E-state index in [2.05, 4.69) is 27.3 Å². The van der Waals surface area contributed by atoms with E-state index in [4.69, 9.17) is 4.74 Å². The van der Waals surface area contributed by atoms with Gasteiger partial charge in [0.1, 0.15) is 11.2 Å². The molecule has 0 saturated heterocycles. The zero-order chi connectivity index (χ0) is 15.9. The van der Waals surface area contributed by atoms with Crippen molar-refractivity contribution in [3.8, 4) is 11.8 Å². The van der Waals surface area contributed by atoms with Crippen molar-refractivity contribution in [2.45, 2.75) is 39.5 Å². The smallest absolute Gasteiger partial charge is 0.244 e. The Labute approximate surface area is 134 Å². The maximum atomic E-state index is 12.6. The third kappa shape index (κ3) is 4.21. The molecule has 0 unspecified atom stereocenters. The van der Waals surface area contributed by atoms with E-state index in [1.54, 1.807) is 19.2 Å². The summed E-state index contributed by atoms with van der Waals surface area (Å²) >= 11 is 3.37. The van der Waals surface area contributed by atoms with Gasteiger partial charge >= 0.3 is 0 Å². The number of methoxy groups -OCH3 is 1. The number of rotatable bonds is 7. The molecule has 0 atom stereocenters. The number of ether oxygens (including phenoxy) is 1. The maximum Gasteiger partial charge on any atom is 0.244 e. The fourth-order valence-electron chi connectivity index (χ4n) is 2.39. The lowest BCUT2D eigenvalue weighted by Crippen LogP contribution is -2.35. The van der Waals surface area contributed by atoms with Crippen molar-refractivity contribution in [1.82, 2.24) is 0 Å². The van der Waals surface area contributed by atoms with Crippen LogP contribution in [0.3, 0.4) is 0 Å². The van der Waals surface area contributed by atoms with Crippen LogP contribution in [0.2, 0.25) is 0 Å². The molecule has 0 heterocycles. The zero-order valence-corrected chi connectivity index (χ0v) is 14.3. The molecule has 0 aliphatic carbocycles. The largest absolute Gasteiger partial charge is 0.495 e. The summed E-state index contributed by atoms with van der Waals surface area (Å²) < 4.78 is 6.09. The number of carbonyl (C=O) groups is 1. The summed E-state index contributed by atoms with van der Waals surface area (Å²) in [7, 11) is 1.55. The van der Waals surface area contributed by atoms with Crippen LogP contribution in [0.25, 0.3) is 0 Å². The Morgan fingerprint density at radius 1 is 1.38 bits per heavy atom. The minimum absolute atomic E-state index is 0.259. The summed E-state index contributed by atoms with van der Waals surface area (Å²) in [6, 6.07) is 7.61. The molecular weight excluding hydrogens is 332 g/mol. The number of nitrogens with one attached hydrogen (secondary N) is 1. The zero-order valence-electron chi connectivity index (χ0n) is 12.7. The molecule has 0 aliphatic heterocycles. The number of nitriles is 1. The normalized spacial score (nSPS) is 10.8. The van der Waals surface area contributed by atoms with E-state index in [-0.39, 0.29) is 5.91 Å². The Morgan fingerprint density at radius 3 is 2.48 bits per heavy atom. The van der Waals surface area contributed by atoms with Gasteiger partial charge in [0.05, 0.1) is 18.9 Å². The molecule has 1 aromatic rings. The number of halogens is 1. The second-order valence-corrected chi connectivity index (χ2v) is 5.91. The van der Waals surface area contributed by atoms with Crippen LogP contribution in [0, 0.1) is 16.7 Å². The molecule has 4 nitrogen and oxygen atoms in total. The molecule has 0 spiro atoms. The van der Waals surface area contributed by atoms with E-state index >= 15 is 0 Å². The number of hydrogen-bond acceptors (Lipinski definition) is 3. The van der Waals surface area contributed by atoms with Gasteiger partial charge in [0, 0.05) is 4.47 Å². The van der Waals surface area contributed by atoms with E-state index in [0.717, 1.165) is 17.3 Å². The van der Waals surface area contributed by atoms with Crippen molar-refractivity contribution in [2.75, 3.05) is 12.4 Å². The van der Waals surface area contributed by atoms with Crippen molar-refractivity contribution < 1.29 is 9.53 Å². The first kappa shape index (κ1) is 17.5. The first-order valence-electron chi connectivity index (χ1n) is 7.09. The summed E-state index contributed by atoms with van der Waals surface area (Å²) in [5.41, 5.74) is -0.402. The second-order valence-electron chi connectivity index (χ2n) is 4.99. The molecule has 1 rings (SSSR count). The van der Waals surface area contributed by atoms with Gasteiger partial charge < -0.3 is 10.1 Å². The molecule has 114 valence electrons. The van der Waals surface area contributed by atoms with Gasteiger partial charge in [0.25, 0.3) is 0 Å². The highest BCUT2D eigenvalue weighted by Crippen LogP contribution is 2.34. The summed E-state index contributed by atoms with van der Waals surface area (Å²) in [4.78, 5) is 12.6. The van der Waals surface area contributed by atoms with Crippen molar-refractivity contribution >= 4 is 27.5 Å². The SMILES string of the molecule is CCCC(C#N)(CCC)C(=O)Nc1cc(Br)ccc1OC. The molecule has 0 bridgehead atoms. The van der Waals surface area contributed by atoms with E-state index in [0.29, 0.717) is 24.3 Å². The van der Waals surface area contributed by atoms with Crippen molar-refractivity contribution in [3.05, 3.63) is 22.7 Å². The number of carbonyl (C=O) groups excluding carboxylic acids is 1. The van der Waals surface area contributed by atoms with Gasteiger partial charge in [-0.25, -0.2) is 0 Å². The molecule has 0 fully saturated rings. The Kier molecular flexibility index (Phi) is 6.70. The summed E-state index contributed by atoms with van der Waals surface area (Å²) in [6.07, 6.45) is 2.69. The minimum atomic E-state index is -0.975. The number of hydrogen-bond donors (Lipinski definition) is 1. The third-order valence-electron chi connectivity index (χ3n) is 3.41. The molecule has 5 heteroatoms. The fourth-order valence-corrected chi connectivity index (χ4v) is 2.75. The minimum Gasteiger partial charge on any atom is -0.495 e. The quantitative estimate of drug-likeness (QED) is 0.785. The van der Waals surface area contributed by atoms with Crippen LogP contribution in [0.15, 0.2) is 22.7 Å². The Morgan fingerprint density at radius 2 is 2.00 bits per heavy atom. The molecule has 0 saturated carbocycles. The summed E-state index contributed by atoms with van der Waals surface area (Å²) in [6.45, 7) is 3.96. The van der Waals surface area contributed by atoms with Gasteiger partial charge in [-0.1, -0.05) is 42.6 Å². The average molecular weight is 353 g/mol. The molecule has 0 aliphatic rings. The molecule has 1 amide bonds. The lowest BCUT2D eigenvalue weighted by atomic mass is 9.79. The van der Waals surface area contributed by atoms with Crippen LogP contribution in [0.4, 0.5) is 5.69 Å². The van der Waals surface area contributed by atoms with E-state index in [1.807, 2.05) is 19.9 Å². The topological polar surface area (TPSA) is 62.1 Å². The molecule has 0 radical (unpaired) electrons. The van der Waals surface area contributed by atoms with Crippen LogP contribution >= 0.6 is 15.9 Å². The number of amides is 1. The molecule has 1 N–H and O–H groups in total. The molecule has 1 aromatic carbocycles. The lowest BCUT2D eigenvalue weighted by molar-refractivity contribution is -0.123. The van der Waals surface area contributed by atoms with Crippen LogP contribution in [0.1, 0.15) is 39.5 Å². The lowest BCUT2D eigenvalue weighted by Gasteiger charge is -2.25. The van der Waals surface area contributed by atoms with Gasteiger partial charge in [0.15, 0.2) is 0 Å². The van der Waals surface area contributed by atoms with Gasteiger partial charge in [-0.15, -0.1) is 0 Å². The van der Waals surface area contributed by atoms with E-state index in [9.17, 15) is 10.1 Å². The van der Waals surface area contributed by atoms with Crippen molar-refractivity contribution in [2.24, 2.45) is 5.41 Å². The average Bonchev–Trinajstić information content (AvgIpc) is 2.47. The van der Waals surface area contributed by atoms with E-state index in [1.165, 1.54) is 0 Å². The fraction of sp³-hybridized carbons (Fsp3) is 0.500. The third-order valence-corrected chi connectivity index (χ3v) is 3.91. The second kappa shape index (κ2) is 8.04. The van der Waals surface area contributed by atoms with Crippen molar-refractivity contribution in [3.63, 3.8) is 0 Å². The first-order chi connectivity index (χ1) is 10.0. The monoisotopic (exact) mass is 352 g/mol. The number of benzene rings is 1. The van der Waals surface area contributed by atoms with Crippen molar-refractivity contribution in [1.29, 1.82) is 5.26 Å². The van der Waals surface area contributed by atoms with Crippen LogP contribution < -0.4 is 10.1 Å². The Balaban J connectivity index is 3.07. The van der Waals surface area contributed by atoms with Gasteiger partial charge in [0.2, 0.25) is 5.91 Å². The number of nitrogens with zero attached hydrogens (tertiary/aromatic N) is 1. The Hall–Kier alpha value is -1.54. The summed E-state index contributed by atoms with van der Waals surface area (Å²) in [5, 5.41) is 12.4. The first-order valence-corrected chi connectivity index (χ1v) is 7.88. The van der Waals surface area contributed by atoms with Gasteiger partial charge in [-0.3, -0.25) is 4.79 Å². The van der Waals surface area contributed by atoms with Crippen LogP contribution in [0.5, 0.6) is 5.75 Å². The number of anilines is 1. The van der Waals surface area contributed by atoms with Gasteiger partial charge in [-0.05, 0) is 31.0 Å². The molecular formula is C16H21BrN2O2. The summed E-state index contributed by atoms with van der Waals surface area (Å²) in [5.74, 6) is 0.316. The highest BCUT2D eigenvalue weighted by atomic mass is 79.9. The highest BCUT2D eigenvalue weighted by molar-refractivity contribution is 9.10. The van der Waals surface area contributed by atoms with Crippen LogP contribution in [-0.4, -0.2) is 13.0 Å². The molecule has 21 heavy (non-hydrogen) atoms. The maximum absolute atomic E-state index is 12.6. The predicted octanol–water partition coefficient (Wildman–Crippen LogP) is 4.51. The standard InChI is InChI=1S/C16H21BrN2O2/c1-4-8-16(11-18,9-5-2)15(20)19-13-10-12(17)6-7-14(13)21-3/h6-7,10H,4-5,8-9H2,1-3H3,(H,19,20). The molecule has 0 aromatic heterocycles. The van der Waals surface area contributed by atoms with Gasteiger partial charge in [-0.2, -0.15) is 5.26 Å².